The molecule has 0 radical (unpaired) electrons. The van der Waals surface area contributed by atoms with Crippen molar-refractivity contribution < 1.29 is 23.7 Å². The first-order chi connectivity index (χ1) is 8.37. The lowest BCUT2D eigenvalue weighted by Gasteiger charge is -2.20. The molecule has 2 heterocycles. The van der Waals surface area contributed by atoms with Crippen LogP contribution in [0.15, 0.2) is 17.1 Å². The van der Waals surface area contributed by atoms with E-state index in [9.17, 15) is 18.7 Å². The van der Waals surface area contributed by atoms with Gasteiger partial charge in [0.05, 0.1) is 6.61 Å². The van der Waals surface area contributed by atoms with Gasteiger partial charge in [0.1, 0.15) is 11.9 Å². The number of alkyl halides is 2. The van der Waals surface area contributed by atoms with Gasteiger partial charge in [-0.15, -0.1) is 0 Å². The molecule has 0 aliphatic carbocycles. The number of nitrogens with zero attached hydrogens (tertiary/aromatic N) is 2. The lowest BCUT2D eigenvalue weighted by Crippen LogP contribution is -2.41. The Labute approximate surface area is 99.4 Å². The molecule has 9 heteroatoms. The molecule has 1 aromatic rings. The van der Waals surface area contributed by atoms with E-state index >= 15 is 0 Å². The van der Waals surface area contributed by atoms with E-state index in [1.54, 1.807) is 0 Å². The van der Waals surface area contributed by atoms with Crippen molar-refractivity contribution in [1.29, 1.82) is 0 Å². The fourth-order valence-corrected chi connectivity index (χ4v) is 1.72. The molecule has 0 unspecified atom stereocenters. The van der Waals surface area contributed by atoms with Crippen molar-refractivity contribution in [2.75, 3.05) is 12.3 Å². The van der Waals surface area contributed by atoms with Gasteiger partial charge in [-0.2, -0.15) is 13.8 Å². The molecule has 1 fully saturated rings. The molecule has 1 aliphatic rings. The first kappa shape index (κ1) is 12.9. The molecule has 0 aromatic carbocycles. The average molecular weight is 266 g/mol. The van der Waals surface area contributed by atoms with Gasteiger partial charge < -0.3 is 20.7 Å². The Morgan fingerprint density at radius 2 is 2.28 bits per heavy atom. The second-order valence-electron chi connectivity index (χ2n) is 3.87. The molecular formula is C9H11F2N3O4. The highest BCUT2D eigenvalue weighted by molar-refractivity contribution is 5.23. The summed E-state index contributed by atoms with van der Waals surface area (Å²) in [5.74, 6) is -3.83. The van der Waals surface area contributed by atoms with Gasteiger partial charge in [0.2, 0.25) is 6.23 Å². The maximum Gasteiger partial charge on any atom is 0.351 e. The number of hydrogen-bond acceptors (Lipinski definition) is 6. The standard InChI is InChI=1S/C9H11F2N3O4/c10-9(11)6(16)4(3-15)18-7(9)14-2-1-5(12)13-8(14)17/h1-2,4,6-7,15-16H,3H2,(H2,12,13,17)/t4-,6-,7-/m1/s1/i8+1,13+1,14+1. The van der Waals surface area contributed by atoms with E-state index < -0.39 is 36.7 Å². The number of aliphatic hydroxyl groups excluding tert-OH is 2. The Morgan fingerprint density at radius 3 is 2.78 bits per heavy atom. The van der Waals surface area contributed by atoms with Crippen LogP contribution in [-0.2, 0) is 4.74 Å². The normalized spacial score (nSPS) is 30.6. The molecule has 0 bridgehead atoms. The van der Waals surface area contributed by atoms with Crippen molar-refractivity contribution in [3.8, 4) is 0 Å². The minimum absolute atomic E-state index is 0.114. The zero-order valence-corrected chi connectivity index (χ0v) is 9.03. The van der Waals surface area contributed by atoms with Crippen molar-refractivity contribution in [2.45, 2.75) is 24.4 Å². The predicted molar refractivity (Wildman–Crippen MR) is 54.9 cm³/mol. The Kier molecular flexibility index (Phi) is 3.05. The minimum atomic E-state index is -3.71. The third-order valence-corrected chi connectivity index (χ3v) is 2.66. The van der Waals surface area contributed by atoms with Crippen molar-refractivity contribution in [2.24, 2.45) is 0 Å². The van der Waals surface area contributed by atoms with Crippen molar-refractivity contribution in [1.82, 2.24) is 9.55 Å². The maximum atomic E-state index is 13.7. The summed E-state index contributed by atoms with van der Waals surface area (Å²) in [5.41, 5.74) is 4.21. The van der Waals surface area contributed by atoms with Gasteiger partial charge in [-0.1, -0.05) is 0 Å². The van der Waals surface area contributed by atoms with E-state index in [1.807, 2.05) is 0 Å². The van der Waals surface area contributed by atoms with Gasteiger partial charge in [0.15, 0.2) is 6.10 Å². The number of aromatic nitrogens is 2. The molecule has 0 amide bonds. The van der Waals surface area contributed by atoms with Crippen LogP contribution in [0.25, 0.3) is 0 Å². The van der Waals surface area contributed by atoms with Crippen LogP contribution in [0, 0.1) is 0 Å². The maximum absolute atomic E-state index is 13.7. The number of anilines is 1. The minimum Gasteiger partial charge on any atom is -0.394 e. The number of rotatable bonds is 2. The molecule has 3 atom stereocenters. The van der Waals surface area contributed by atoms with Gasteiger partial charge in [-0.05, 0) is 6.07 Å². The second kappa shape index (κ2) is 4.26. The first-order valence-electron chi connectivity index (χ1n) is 5.04. The van der Waals surface area contributed by atoms with Gasteiger partial charge in [0, 0.05) is 6.20 Å². The Morgan fingerprint density at radius 1 is 1.61 bits per heavy atom. The molecule has 1 saturated heterocycles. The summed E-state index contributed by atoms with van der Waals surface area (Å²) in [4.78, 5) is 14.7. The number of nitrogens with two attached hydrogens (primary N) is 1. The van der Waals surface area contributed by atoms with Crippen LogP contribution in [0.3, 0.4) is 0 Å². The lowest BCUT2D eigenvalue weighted by atomic mass is 10.1. The van der Waals surface area contributed by atoms with Crippen molar-refractivity contribution >= 4 is 5.82 Å². The zero-order chi connectivity index (χ0) is 13.5. The van der Waals surface area contributed by atoms with Crippen LogP contribution in [-0.4, -0.2) is 44.5 Å². The largest absolute Gasteiger partial charge is 0.394 e. The SMILES string of the molecule is Nc1cc[15n]([C@@H]2O[C@H](CO)[C@@H](O)C2(F)F)[13c](=O)[15n]1. The molecule has 7 nitrogen and oxygen atoms in total. The molecule has 1 aliphatic heterocycles. The third kappa shape index (κ3) is 1.85. The molecule has 4 N–H and O–H groups in total. The summed E-state index contributed by atoms with van der Waals surface area (Å²) in [6.07, 6.45) is -4.69. The topological polar surface area (TPSA) is 111 Å². The quantitative estimate of drug-likeness (QED) is 0.614. The Hall–Kier alpha value is -1.58. The van der Waals surface area contributed by atoms with Crippen molar-refractivity contribution in [3.63, 3.8) is 0 Å². The molecule has 18 heavy (non-hydrogen) atoms. The van der Waals surface area contributed by atoms with E-state index in [4.69, 9.17) is 15.6 Å². The number of ether oxygens (including phenoxy) is 1. The summed E-state index contributed by atoms with van der Waals surface area (Å²) >= 11 is 0. The van der Waals surface area contributed by atoms with E-state index in [1.165, 1.54) is 0 Å². The number of aliphatic hydroxyl groups is 2. The number of hydrogen-bond donors (Lipinski definition) is 3. The van der Waals surface area contributed by atoms with E-state index in [0.29, 0.717) is 4.57 Å². The van der Waals surface area contributed by atoms with E-state index in [2.05, 4.69) is 4.98 Å². The fraction of sp³-hybridized carbons (Fsp3) is 0.556. The van der Waals surface area contributed by atoms with Gasteiger partial charge >= 0.3 is 11.6 Å². The van der Waals surface area contributed by atoms with E-state index in [0.717, 1.165) is 12.3 Å². The molecule has 0 saturated carbocycles. The second-order valence-corrected chi connectivity index (χ2v) is 3.87. The van der Waals surface area contributed by atoms with Crippen LogP contribution in [0.2, 0.25) is 0 Å². The fourth-order valence-electron chi connectivity index (χ4n) is 1.72. The Balaban J connectivity index is 2.42. The average Bonchev–Trinajstić information content (AvgIpc) is 2.52. The van der Waals surface area contributed by atoms with Crippen LogP contribution in [0.4, 0.5) is 14.6 Å². The van der Waals surface area contributed by atoms with Gasteiger partial charge in [0.25, 0.3) is 0 Å². The monoisotopic (exact) mass is 266 g/mol. The zero-order valence-electron chi connectivity index (χ0n) is 9.03. The van der Waals surface area contributed by atoms with Crippen LogP contribution in [0.5, 0.6) is 0 Å². The van der Waals surface area contributed by atoms with Crippen LogP contribution in [0.1, 0.15) is 6.23 Å². The lowest BCUT2D eigenvalue weighted by molar-refractivity contribution is -0.140. The number of nitrogen functional groups attached to an aromatic ring is 1. The predicted octanol–water partition coefficient (Wildman–Crippen LogP) is -1.29. The molecular weight excluding hydrogens is 255 g/mol. The highest BCUT2D eigenvalue weighted by atomic mass is 19.3. The van der Waals surface area contributed by atoms with Gasteiger partial charge in [-0.3, -0.25) is 4.57 Å². The summed E-state index contributed by atoms with van der Waals surface area (Å²) in [6, 6.07) is 1.15. The number of halogens is 2. The summed E-state index contributed by atoms with van der Waals surface area (Å²) < 4.78 is 32.7. The highest BCUT2D eigenvalue weighted by Gasteiger charge is 2.59. The molecule has 2 rings (SSSR count). The van der Waals surface area contributed by atoms with Crippen molar-refractivity contribution in [3.05, 3.63) is 22.7 Å². The highest BCUT2D eigenvalue weighted by Crippen LogP contribution is 2.41. The Bertz CT molecular complexity index is 507. The summed E-state index contributed by atoms with van der Waals surface area (Å²) in [6.45, 7) is -0.787. The first-order valence-corrected chi connectivity index (χ1v) is 5.04. The smallest absolute Gasteiger partial charge is 0.351 e. The summed E-state index contributed by atoms with van der Waals surface area (Å²) in [5, 5.41) is 18.1. The van der Waals surface area contributed by atoms with Crippen LogP contribution < -0.4 is 11.4 Å². The van der Waals surface area contributed by atoms with Crippen LogP contribution >= 0.6 is 0 Å². The molecule has 0 spiro atoms. The third-order valence-electron chi connectivity index (χ3n) is 2.66. The van der Waals surface area contributed by atoms with E-state index in [-0.39, 0.29) is 5.82 Å². The molecule has 1 aromatic heterocycles. The van der Waals surface area contributed by atoms with Gasteiger partial charge in [-0.25, -0.2) is 4.79 Å². The molecule has 100 valence electrons. The summed E-state index contributed by atoms with van der Waals surface area (Å²) in [7, 11) is 0.